The fourth-order valence-electron chi connectivity index (χ4n) is 2.13. The lowest BCUT2D eigenvalue weighted by molar-refractivity contribution is 0.262. The molecule has 104 valence electrons. The number of halogens is 1. The molecular weight excluding hydrogens is 324 g/mol. The van der Waals surface area contributed by atoms with E-state index in [1.165, 1.54) is 18.4 Å². The van der Waals surface area contributed by atoms with Crippen LogP contribution in [0.25, 0.3) is 0 Å². The molecule has 0 saturated heterocycles. The molecule has 2 N–H and O–H groups in total. The summed E-state index contributed by atoms with van der Waals surface area (Å²) in [6.07, 6.45) is 3.37. The van der Waals surface area contributed by atoms with Gasteiger partial charge in [-0.3, -0.25) is 4.90 Å². The molecule has 0 aliphatic heterocycles. The van der Waals surface area contributed by atoms with Crippen molar-refractivity contribution in [2.75, 3.05) is 13.7 Å². The average Bonchev–Trinajstić information content (AvgIpc) is 3.18. The Kier molecular flexibility index (Phi) is 5.19. The Hall–Kier alpha value is -0.650. The van der Waals surface area contributed by atoms with Crippen LogP contribution in [0.5, 0.6) is 5.75 Å². The molecule has 1 saturated carbocycles. The second kappa shape index (κ2) is 6.68. The molecule has 0 unspecified atom stereocenters. The quantitative estimate of drug-likeness (QED) is 0.772. The summed E-state index contributed by atoms with van der Waals surface area (Å²) in [5, 5.41) is 0. The highest BCUT2D eigenvalue weighted by molar-refractivity contribution is 9.10. The minimum atomic E-state index is 0.599. The van der Waals surface area contributed by atoms with Crippen molar-refractivity contribution in [1.82, 2.24) is 4.90 Å². The molecule has 19 heavy (non-hydrogen) atoms. The van der Waals surface area contributed by atoms with Gasteiger partial charge < -0.3 is 10.5 Å². The highest BCUT2D eigenvalue weighted by Crippen LogP contribution is 2.30. The number of hydrogen-bond donors (Lipinski definition) is 1. The number of thiocarbonyl (C=S) groups is 1. The van der Waals surface area contributed by atoms with Crippen LogP contribution < -0.4 is 10.5 Å². The van der Waals surface area contributed by atoms with Crippen LogP contribution in [0.2, 0.25) is 0 Å². The fourth-order valence-corrected chi connectivity index (χ4v) is 2.81. The Labute approximate surface area is 128 Å². The highest BCUT2D eigenvalue weighted by atomic mass is 79.9. The number of rotatable bonds is 7. The Bertz CT molecular complexity index is 463. The van der Waals surface area contributed by atoms with E-state index < -0.39 is 0 Å². The van der Waals surface area contributed by atoms with Gasteiger partial charge in [-0.1, -0.05) is 18.3 Å². The van der Waals surface area contributed by atoms with E-state index in [-0.39, 0.29) is 0 Å². The maximum Gasteiger partial charge on any atom is 0.133 e. The van der Waals surface area contributed by atoms with E-state index in [9.17, 15) is 0 Å². The molecule has 1 aromatic carbocycles. The summed E-state index contributed by atoms with van der Waals surface area (Å²) in [4.78, 5) is 3.06. The van der Waals surface area contributed by atoms with Crippen LogP contribution in [0.3, 0.4) is 0 Å². The summed E-state index contributed by atoms with van der Waals surface area (Å²) < 4.78 is 6.25. The Morgan fingerprint density at radius 1 is 1.53 bits per heavy atom. The normalized spacial score (nSPS) is 14.7. The zero-order valence-corrected chi connectivity index (χ0v) is 13.5. The van der Waals surface area contributed by atoms with E-state index in [1.54, 1.807) is 7.11 Å². The van der Waals surface area contributed by atoms with E-state index >= 15 is 0 Å². The molecule has 1 fully saturated rings. The highest BCUT2D eigenvalue weighted by Gasteiger charge is 2.28. The second-order valence-electron chi connectivity index (χ2n) is 4.89. The lowest BCUT2D eigenvalue weighted by Gasteiger charge is -2.22. The number of benzene rings is 1. The SMILES string of the molecule is COc1ccc(CN(CCC(N)=S)C2CC2)cc1Br. The molecule has 2 rings (SSSR count). The van der Waals surface area contributed by atoms with Crippen molar-refractivity contribution < 1.29 is 4.74 Å². The van der Waals surface area contributed by atoms with Gasteiger partial charge in [0.05, 0.1) is 16.6 Å². The summed E-state index contributed by atoms with van der Waals surface area (Å²) in [6, 6.07) is 6.93. The van der Waals surface area contributed by atoms with Gasteiger partial charge in [-0.15, -0.1) is 0 Å². The van der Waals surface area contributed by atoms with Crippen LogP contribution in [0, 0.1) is 0 Å². The predicted octanol–water partition coefficient (Wildman–Crippen LogP) is 3.10. The molecule has 0 aromatic heterocycles. The van der Waals surface area contributed by atoms with Gasteiger partial charge in [-0.25, -0.2) is 0 Å². The van der Waals surface area contributed by atoms with Crippen molar-refractivity contribution >= 4 is 33.1 Å². The maximum atomic E-state index is 5.60. The van der Waals surface area contributed by atoms with Crippen molar-refractivity contribution in [1.29, 1.82) is 0 Å². The van der Waals surface area contributed by atoms with Crippen LogP contribution in [-0.2, 0) is 6.54 Å². The Morgan fingerprint density at radius 2 is 2.26 bits per heavy atom. The first kappa shape index (κ1) is 14.8. The van der Waals surface area contributed by atoms with Crippen molar-refractivity contribution in [2.24, 2.45) is 5.73 Å². The Balaban J connectivity index is 2.00. The van der Waals surface area contributed by atoms with Gasteiger partial charge in [0.25, 0.3) is 0 Å². The monoisotopic (exact) mass is 342 g/mol. The second-order valence-corrected chi connectivity index (χ2v) is 6.27. The third-order valence-corrected chi connectivity index (χ3v) is 4.13. The number of ether oxygens (including phenoxy) is 1. The first-order valence-electron chi connectivity index (χ1n) is 6.45. The van der Waals surface area contributed by atoms with Gasteiger partial charge in [0.1, 0.15) is 5.75 Å². The lowest BCUT2D eigenvalue weighted by atomic mass is 10.2. The summed E-state index contributed by atoms with van der Waals surface area (Å²) in [5.41, 5.74) is 6.88. The van der Waals surface area contributed by atoms with Crippen molar-refractivity contribution in [3.05, 3.63) is 28.2 Å². The molecule has 5 heteroatoms. The lowest BCUT2D eigenvalue weighted by Crippen LogP contribution is -2.29. The van der Waals surface area contributed by atoms with Crippen molar-refractivity contribution in [3.8, 4) is 5.75 Å². The molecule has 3 nitrogen and oxygen atoms in total. The number of nitrogens with two attached hydrogens (primary N) is 1. The van der Waals surface area contributed by atoms with E-state index in [4.69, 9.17) is 22.7 Å². The zero-order valence-electron chi connectivity index (χ0n) is 11.1. The van der Waals surface area contributed by atoms with Gasteiger partial charge in [-0.2, -0.15) is 0 Å². The van der Waals surface area contributed by atoms with Crippen LogP contribution in [0.1, 0.15) is 24.8 Å². The molecule has 1 aliphatic rings. The number of methoxy groups -OCH3 is 1. The first-order chi connectivity index (χ1) is 9.10. The standard InChI is InChI=1S/C14H19BrN2OS/c1-18-13-5-2-10(8-12(13)15)9-17(11-3-4-11)7-6-14(16)19/h2,5,8,11H,3-4,6-7,9H2,1H3,(H2,16,19). The van der Waals surface area contributed by atoms with Gasteiger partial charge in [-0.05, 0) is 46.5 Å². The van der Waals surface area contributed by atoms with Gasteiger partial charge in [0.15, 0.2) is 0 Å². The average molecular weight is 343 g/mol. The predicted molar refractivity (Wildman–Crippen MR) is 85.5 cm³/mol. The minimum Gasteiger partial charge on any atom is -0.496 e. The fraction of sp³-hybridized carbons (Fsp3) is 0.500. The summed E-state index contributed by atoms with van der Waals surface area (Å²) in [6.45, 7) is 1.89. The number of hydrogen-bond acceptors (Lipinski definition) is 3. The molecular formula is C14H19BrN2OS. The molecule has 1 aliphatic carbocycles. The molecule has 0 bridgehead atoms. The van der Waals surface area contributed by atoms with Crippen LogP contribution in [0.15, 0.2) is 22.7 Å². The Morgan fingerprint density at radius 3 is 2.79 bits per heavy atom. The van der Waals surface area contributed by atoms with Crippen LogP contribution >= 0.6 is 28.1 Å². The van der Waals surface area contributed by atoms with E-state index in [0.717, 1.165) is 29.7 Å². The van der Waals surface area contributed by atoms with E-state index in [0.29, 0.717) is 11.0 Å². The third kappa shape index (κ3) is 4.44. The summed E-state index contributed by atoms with van der Waals surface area (Å²) in [7, 11) is 1.68. The molecule has 0 atom stereocenters. The number of nitrogens with zero attached hydrogens (tertiary/aromatic N) is 1. The van der Waals surface area contributed by atoms with Gasteiger partial charge >= 0.3 is 0 Å². The van der Waals surface area contributed by atoms with Crippen molar-refractivity contribution in [2.45, 2.75) is 31.8 Å². The molecule has 0 spiro atoms. The third-order valence-electron chi connectivity index (χ3n) is 3.31. The topological polar surface area (TPSA) is 38.5 Å². The molecule has 1 aromatic rings. The van der Waals surface area contributed by atoms with Gasteiger partial charge in [0.2, 0.25) is 0 Å². The zero-order chi connectivity index (χ0) is 13.8. The van der Waals surface area contributed by atoms with Crippen molar-refractivity contribution in [3.63, 3.8) is 0 Å². The minimum absolute atomic E-state index is 0.599. The summed E-state index contributed by atoms with van der Waals surface area (Å²) >= 11 is 8.49. The smallest absolute Gasteiger partial charge is 0.133 e. The summed E-state index contributed by atoms with van der Waals surface area (Å²) in [5.74, 6) is 0.866. The molecule has 0 radical (unpaired) electrons. The van der Waals surface area contributed by atoms with Crippen LogP contribution in [0.4, 0.5) is 0 Å². The van der Waals surface area contributed by atoms with E-state index in [1.807, 2.05) is 6.07 Å². The first-order valence-corrected chi connectivity index (χ1v) is 7.65. The van der Waals surface area contributed by atoms with Crippen LogP contribution in [-0.4, -0.2) is 29.6 Å². The largest absolute Gasteiger partial charge is 0.496 e. The van der Waals surface area contributed by atoms with E-state index in [2.05, 4.69) is 33.0 Å². The molecule has 0 amide bonds. The molecule has 0 heterocycles. The maximum absolute atomic E-state index is 5.60. The van der Waals surface area contributed by atoms with Gasteiger partial charge in [0, 0.05) is 25.6 Å².